The Hall–Kier alpha value is -0.530. The van der Waals surface area contributed by atoms with Gasteiger partial charge in [0.25, 0.3) is 0 Å². The van der Waals surface area contributed by atoms with Crippen LogP contribution < -0.4 is 5.32 Å². The molecule has 4 nitrogen and oxygen atoms in total. The lowest BCUT2D eigenvalue weighted by Gasteiger charge is -2.16. The number of carbonyl (C=O) groups excluding carboxylic acids is 1. The van der Waals surface area contributed by atoms with E-state index < -0.39 is 12.8 Å². The van der Waals surface area contributed by atoms with Gasteiger partial charge in [0.05, 0.1) is 19.3 Å². The highest BCUT2D eigenvalue weighted by Crippen LogP contribution is 2.14. The van der Waals surface area contributed by atoms with Gasteiger partial charge >= 0.3 is 6.18 Å². The van der Waals surface area contributed by atoms with Gasteiger partial charge in [-0.1, -0.05) is 0 Å². The molecule has 0 aromatic carbocycles. The van der Waals surface area contributed by atoms with Crippen molar-refractivity contribution in [2.24, 2.45) is 0 Å². The first-order valence-electron chi connectivity index (χ1n) is 5.37. The number of halogens is 4. The van der Waals surface area contributed by atoms with E-state index in [2.05, 4.69) is 10.1 Å². The fraction of sp³-hybridized carbons (Fsp3) is 0.900. The Labute approximate surface area is 109 Å². The van der Waals surface area contributed by atoms with Crippen LogP contribution in [0.5, 0.6) is 0 Å². The number of amides is 1. The number of carbonyl (C=O) groups is 1. The molecule has 1 amide bonds. The zero-order valence-electron chi connectivity index (χ0n) is 10.1. The number of rotatable bonds is 9. The number of hydrogen-bond donors (Lipinski definition) is 1. The Morgan fingerprint density at radius 3 is 2.61 bits per heavy atom. The quantitative estimate of drug-likeness (QED) is 0.520. The first-order chi connectivity index (χ1) is 8.39. The van der Waals surface area contributed by atoms with E-state index in [1.54, 1.807) is 0 Å². The van der Waals surface area contributed by atoms with E-state index in [0.717, 1.165) is 0 Å². The average Bonchev–Trinajstić information content (AvgIpc) is 2.24. The van der Waals surface area contributed by atoms with Crippen LogP contribution in [0.1, 0.15) is 12.8 Å². The molecule has 0 spiro atoms. The van der Waals surface area contributed by atoms with Crippen LogP contribution in [0.15, 0.2) is 0 Å². The largest absolute Gasteiger partial charge is 0.411 e. The predicted octanol–water partition coefficient (Wildman–Crippen LogP) is 1.72. The van der Waals surface area contributed by atoms with Crippen molar-refractivity contribution in [1.82, 2.24) is 5.32 Å². The molecule has 0 aliphatic heterocycles. The molecule has 108 valence electrons. The highest BCUT2D eigenvalue weighted by atomic mass is 35.5. The van der Waals surface area contributed by atoms with E-state index in [4.69, 9.17) is 16.3 Å². The van der Waals surface area contributed by atoms with Crippen LogP contribution in [-0.4, -0.2) is 50.9 Å². The molecule has 0 heterocycles. The summed E-state index contributed by atoms with van der Waals surface area (Å²) in [7, 11) is 1.49. The minimum atomic E-state index is -4.37. The third-order valence-electron chi connectivity index (χ3n) is 1.93. The Morgan fingerprint density at radius 2 is 2.11 bits per heavy atom. The topological polar surface area (TPSA) is 47.6 Å². The highest BCUT2D eigenvalue weighted by Gasteiger charge is 2.27. The van der Waals surface area contributed by atoms with Gasteiger partial charge < -0.3 is 14.8 Å². The Morgan fingerprint density at radius 1 is 1.44 bits per heavy atom. The normalized spacial score (nSPS) is 13.4. The summed E-state index contributed by atoms with van der Waals surface area (Å²) < 4.78 is 44.4. The molecule has 18 heavy (non-hydrogen) atoms. The summed E-state index contributed by atoms with van der Waals surface area (Å²) >= 11 is 5.54. The van der Waals surface area contributed by atoms with Crippen molar-refractivity contribution < 1.29 is 27.4 Å². The third kappa shape index (κ3) is 10.6. The number of nitrogens with one attached hydrogen (secondary N) is 1. The summed E-state index contributed by atoms with van der Waals surface area (Å²) in [4.78, 5) is 11.4. The monoisotopic (exact) mass is 291 g/mol. The van der Waals surface area contributed by atoms with E-state index in [-0.39, 0.29) is 25.0 Å². The van der Waals surface area contributed by atoms with E-state index in [1.165, 1.54) is 7.11 Å². The van der Waals surface area contributed by atoms with E-state index >= 15 is 0 Å². The first-order valence-corrected chi connectivity index (χ1v) is 5.91. The second-order valence-corrected chi connectivity index (χ2v) is 3.99. The maximum atomic E-state index is 11.7. The molecule has 0 fully saturated rings. The van der Waals surface area contributed by atoms with Crippen LogP contribution in [0.3, 0.4) is 0 Å². The lowest BCUT2D eigenvalue weighted by molar-refractivity contribution is -0.174. The fourth-order valence-corrected chi connectivity index (χ4v) is 1.45. The van der Waals surface area contributed by atoms with Crippen molar-refractivity contribution in [3.05, 3.63) is 0 Å². The SMILES string of the molecule is COCC(CCCl)NC(=O)CCOCC(F)(F)F. The van der Waals surface area contributed by atoms with Gasteiger partial charge in [0.2, 0.25) is 5.91 Å². The van der Waals surface area contributed by atoms with Crippen LogP contribution in [-0.2, 0) is 14.3 Å². The minimum Gasteiger partial charge on any atom is -0.383 e. The molecule has 0 rings (SSSR count). The molecule has 8 heteroatoms. The molecule has 0 radical (unpaired) electrons. The molecule has 1 atom stereocenters. The molecule has 0 aliphatic rings. The van der Waals surface area contributed by atoms with Gasteiger partial charge in [-0.05, 0) is 6.42 Å². The standard InChI is InChI=1S/C10H17ClF3NO3/c1-17-6-8(2-4-11)15-9(16)3-5-18-7-10(12,13)14/h8H,2-7H2,1H3,(H,15,16). The number of alkyl halides is 4. The van der Waals surface area contributed by atoms with E-state index in [0.29, 0.717) is 18.9 Å². The number of methoxy groups -OCH3 is 1. The molecular formula is C10H17ClF3NO3. The molecule has 0 bridgehead atoms. The molecule has 1 N–H and O–H groups in total. The first kappa shape index (κ1) is 17.5. The Balaban J connectivity index is 3.74. The van der Waals surface area contributed by atoms with Crippen LogP contribution in [0.2, 0.25) is 0 Å². The van der Waals surface area contributed by atoms with E-state index in [9.17, 15) is 18.0 Å². The summed E-state index contributed by atoms with van der Waals surface area (Å²) in [5, 5.41) is 2.61. The molecule has 1 unspecified atom stereocenters. The predicted molar refractivity (Wildman–Crippen MR) is 60.6 cm³/mol. The van der Waals surface area contributed by atoms with Crippen molar-refractivity contribution in [1.29, 1.82) is 0 Å². The third-order valence-corrected chi connectivity index (χ3v) is 2.15. The maximum absolute atomic E-state index is 11.7. The Bertz CT molecular complexity index is 233. The van der Waals surface area contributed by atoms with Crippen LogP contribution in [0.25, 0.3) is 0 Å². The van der Waals surface area contributed by atoms with Crippen molar-refractivity contribution in [3.8, 4) is 0 Å². The second kappa shape index (κ2) is 9.41. The minimum absolute atomic E-state index is 0.126. The van der Waals surface area contributed by atoms with Gasteiger partial charge in [-0.3, -0.25) is 4.79 Å². The molecule has 0 aromatic rings. The van der Waals surface area contributed by atoms with Crippen LogP contribution in [0, 0.1) is 0 Å². The highest BCUT2D eigenvalue weighted by molar-refractivity contribution is 6.17. The lowest BCUT2D eigenvalue weighted by Crippen LogP contribution is -2.38. The summed E-state index contributed by atoms with van der Waals surface area (Å²) in [6, 6.07) is -0.234. The van der Waals surface area contributed by atoms with Gasteiger partial charge in [-0.25, -0.2) is 0 Å². The summed E-state index contributed by atoms with van der Waals surface area (Å²) in [5.41, 5.74) is 0. The van der Waals surface area contributed by atoms with Crippen LogP contribution >= 0.6 is 11.6 Å². The van der Waals surface area contributed by atoms with Gasteiger partial charge in [-0.2, -0.15) is 13.2 Å². The summed E-state index contributed by atoms with van der Waals surface area (Å²) in [6.07, 6.45) is -3.96. The number of hydrogen-bond acceptors (Lipinski definition) is 3. The maximum Gasteiger partial charge on any atom is 0.411 e. The average molecular weight is 292 g/mol. The molecule has 0 aliphatic carbocycles. The Kier molecular flexibility index (Phi) is 9.13. The van der Waals surface area contributed by atoms with Gasteiger partial charge in [0.1, 0.15) is 6.61 Å². The number of ether oxygens (including phenoxy) is 2. The van der Waals surface area contributed by atoms with Crippen LogP contribution in [0.4, 0.5) is 13.2 Å². The summed E-state index contributed by atoms with van der Waals surface area (Å²) in [6.45, 7) is -1.31. The smallest absolute Gasteiger partial charge is 0.383 e. The van der Waals surface area contributed by atoms with Gasteiger partial charge in [0, 0.05) is 19.4 Å². The molecule has 0 aromatic heterocycles. The molecule has 0 saturated heterocycles. The summed E-state index contributed by atoms with van der Waals surface area (Å²) in [5.74, 6) is -0.0249. The second-order valence-electron chi connectivity index (χ2n) is 3.62. The van der Waals surface area contributed by atoms with Crippen molar-refractivity contribution >= 4 is 17.5 Å². The fourth-order valence-electron chi connectivity index (χ4n) is 1.18. The van der Waals surface area contributed by atoms with Crippen molar-refractivity contribution in [3.63, 3.8) is 0 Å². The van der Waals surface area contributed by atoms with Gasteiger partial charge in [-0.15, -0.1) is 11.6 Å². The zero-order valence-corrected chi connectivity index (χ0v) is 10.8. The molecule has 0 saturated carbocycles. The van der Waals surface area contributed by atoms with Gasteiger partial charge in [0.15, 0.2) is 0 Å². The molecular weight excluding hydrogens is 275 g/mol. The van der Waals surface area contributed by atoms with Crippen molar-refractivity contribution in [2.75, 3.05) is 32.8 Å². The zero-order chi connectivity index (χ0) is 14.0. The van der Waals surface area contributed by atoms with E-state index in [1.807, 2.05) is 0 Å². The van der Waals surface area contributed by atoms with Crippen molar-refractivity contribution in [2.45, 2.75) is 25.1 Å². The lowest BCUT2D eigenvalue weighted by atomic mass is 10.2.